The SMILES string of the molecule is COc1cc(CCN)cc(Br)c1OCC(=O)NC1CC1. The summed E-state index contributed by atoms with van der Waals surface area (Å²) < 4.78 is 11.6. The second-order valence-electron chi connectivity index (χ2n) is 4.78. The second kappa shape index (κ2) is 6.95. The minimum absolute atomic E-state index is 0.0122. The van der Waals surface area contributed by atoms with E-state index in [-0.39, 0.29) is 12.5 Å². The molecule has 110 valence electrons. The van der Waals surface area contributed by atoms with Crippen molar-refractivity contribution in [2.24, 2.45) is 5.73 Å². The molecule has 6 heteroatoms. The maximum Gasteiger partial charge on any atom is 0.258 e. The van der Waals surface area contributed by atoms with E-state index in [1.165, 1.54) is 0 Å². The van der Waals surface area contributed by atoms with Crippen molar-refractivity contribution in [3.05, 3.63) is 22.2 Å². The quantitative estimate of drug-likeness (QED) is 0.789. The fraction of sp³-hybridized carbons (Fsp3) is 0.500. The van der Waals surface area contributed by atoms with Crippen LogP contribution in [-0.4, -0.2) is 32.2 Å². The third kappa shape index (κ3) is 4.11. The first-order valence-electron chi connectivity index (χ1n) is 6.62. The molecule has 1 saturated carbocycles. The number of hydrogen-bond donors (Lipinski definition) is 2. The van der Waals surface area contributed by atoms with Gasteiger partial charge in [0, 0.05) is 6.04 Å². The van der Waals surface area contributed by atoms with Gasteiger partial charge in [0.2, 0.25) is 0 Å². The molecule has 0 bridgehead atoms. The topological polar surface area (TPSA) is 73.6 Å². The van der Waals surface area contributed by atoms with E-state index in [0.29, 0.717) is 24.1 Å². The third-order valence-electron chi connectivity index (χ3n) is 3.01. The highest BCUT2D eigenvalue weighted by Crippen LogP contribution is 2.36. The Kier molecular flexibility index (Phi) is 5.25. The Morgan fingerprint density at radius 2 is 2.25 bits per heavy atom. The van der Waals surface area contributed by atoms with Crippen molar-refractivity contribution < 1.29 is 14.3 Å². The lowest BCUT2D eigenvalue weighted by molar-refractivity contribution is -0.123. The van der Waals surface area contributed by atoms with Gasteiger partial charge in [0.05, 0.1) is 11.6 Å². The average molecular weight is 343 g/mol. The Hall–Kier alpha value is -1.27. The molecule has 0 spiro atoms. The third-order valence-corrected chi connectivity index (χ3v) is 3.60. The van der Waals surface area contributed by atoms with Gasteiger partial charge >= 0.3 is 0 Å². The smallest absolute Gasteiger partial charge is 0.258 e. The number of carbonyl (C=O) groups excluding carboxylic acids is 1. The molecule has 1 aliphatic rings. The van der Waals surface area contributed by atoms with E-state index in [1.807, 2.05) is 12.1 Å². The van der Waals surface area contributed by atoms with E-state index < -0.39 is 0 Å². The van der Waals surface area contributed by atoms with E-state index in [0.717, 1.165) is 29.3 Å². The maximum absolute atomic E-state index is 11.6. The number of methoxy groups -OCH3 is 1. The number of halogens is 1. The highest BCUT2D eigenvalue weighted by molar-refractivity contribution is 9.10. The lowest BCUT2D eigenvalue weighted by Crippen LogP contribution is -2.30. The summed E-state index contributed by atoms with van der Waals surface area (Å²) >= 11 is 3.44. The zero-order valence-electron chi connectivity index (χ0n) is 11.4. The molecule has 0 atom stereocenters. The molecule has 1 amide bonds. The van der Waals surface area contributed by atoms with E-state index in [2.05, 4.69) is 21.2 Å². The van der Waals surface area contributed by atoms with Gasteiger partial charge < -0.3 is 20.5 Å². The van der Waals surface area contributed by atoms with Crippen molar-refractivity contribution >= 4 is 21.8 Å². The minimum atomic E-state index is -0.104. The molecule has 0 saturated heterocycles. The van der Waals surface area contributed by atoms with Gasteiger partial charge in [0.25, 0.3) is 5.91 Å². The number of hydrogen-bond acceptors (Lipinski definition) is 4. The number of nitrogens with one attached hydrogen (secondary N) is 1. The van der Waals surface area contributed by atoms with Crippen LogP contribution in [0, 0.1) is 0 Å². The first-order valence-corrected chi connectivity index (χ1v) is 7.42. The summed E-state index contributed by atoms with van der Waals surface area (Å²) in [6, 6.07) is 4.15. The van der Waals surface area contributed by atoms with Crippen molar-refractivity contribution in [2.45, 2.75) is 25.3 Å². The summed E-state index contributed by atoms with van der Waals surface area (Å²) in [5.41, 5.74) is 6.61. The minimum Gasteiger partial charge on any atom is -0.493 e. The number of benzene rings is 1. The average Bonchev–Trinajstić information content (AvgIpc) is 3.21. The van der Waals surface area contributed by atoms with Gasteiger partial charge in [-0.3, -0.25) is 4.79 Å². The molecule has 0 heterocycles. The normalized spacial score (nSPS) is 13.9. The van der Waals surface area contributed by atoms with Crippen LogP contribution in [0.15, 0.2) is 16.6 Å². The van der Waals surface area contributed by atoms with Crippen LogP contribution in [0.2, 0.25) is 0 Å². The van der Waals surface area contributed by atoms with E-state index in [4.69, 9.17) is 15.2 Å². The maximum atomic E-state index is 11.6. The van der Waals surface area contributed by atoms with Gasteiger partial charge in [-0.25, -0.2) is 0 Å². The second-order valence-corrected chi connectivity index (χ2v) is 5.63. The standard InChI is InChI=1S/C14H19BrN2O3/c1-19-12-7-9(4-5-16)6-11(15)14(12)20-8-13(18)17-10-2-3-10/h6-7,10H,2-5,8,16H2,1H3,(H,17,18). The Morgan fingerprint density at radius 1 is 1.50 bits per heavy atom. The molecule has 1 fully saturated rings. The Labute approximate surface area is 126 Å². The van der Waals surface area contributed by atoms with Gasteiger partial charge in [-0.1, -0.05) is 0 Å². The molecular weight excluding hydrogens is 324 g/mol. The molecule has 5 nitrogen and oxygen atoms in total. The number of carbonyl (C=O) groups is 1. The Morgan fingerprint density at radius 3 is 2.85 bits per heavy atom. The summed E-state index contributed by atoms with van der Waals surface area (Å²) in [4.78, 5) is 11.6. The van der Waals surface area contributed by atoms with Gasteiger partial charge in [0.1, 0.15) is 0 Å². The molecule has 0 unspecified atom stereocenters. The van der Waals surface area contributed by atoms with E-state index in [9.17, 15) is 4.79 Å². The highest BCUT2D eigenvalue weighted by Gasteiger charge is 2.23. The number of rotatable bonds is 7. The van der Waals surface area contributed by atoms with Crippen LogP contribution in [0.25, 0.3) is 0 Å². The van der Waals surface area contributed by atoms with Crippen LogP contribution in [0.1, 0.15) is 18.4 Å². The number of nitrogens with two attached hydrogens (primary N) is 1. The summed E-state index contributed by atoms with van der Waals surface area (Å²) in [5.74, 6) is 1.04. The van der Waals surface area contributed by atoms with Crippen LogP contribution in [0.5, 0.6) is 11.5 Å². The van der Waals surface area contributed by atoms with Crippen molar-refractivity contribution in [3.8, 4) is 11.5 Å². The fourth-order valence-corrected chi connectivity index (χ4v) is 2.46. The Bertz CT molecular complexity index is 490. The Balaban J connectivity index is 2.03. The molecule has 20 heavy (non-hydrogen) atoms. The lowest BCUT2D eigenvalue weighted by Gasteiger charge is -2.14. The largest absolute Gasteiger partial charge is 0.493 e. The molecular formula is C14H19BrN2O3. The van der Waals surface area contributed by atoms with Crippen LogP contribution in [0.3, 0.4) is 0 Å². The van der Waals surface area contributed by atoms with E-state index in [1.54, 1.807) is 7.11 Å². The van der Waals surface area contributed by atoms with Gasteiger partial charge in [-0.15, -0.1) is 0 Å². The summed E-state index contributed by atoms with van der Waals surface area (Å²) in [7, 11) is 1.57. The van der Waals surface area contributed by atoms with Gasteiger partial charge in [-0.05, 0) is 59.4 Å². The van der Waals surface area contributed by atoms with Crippen LogP contribution >= 0.6 is 15.9 Å². The van der Waals surface area contributed by atoms with Crippen molar-refractivity contribution in [2.75, 3.05) is 20.3 Å². The molecule has 1 aromatic rings. The zero-order chi connectivity index (χ0) is 14.5. The predicted molar refractivity (Wildman–Crippen MR) is 80.1 cm³/mol. The van der Waals surface area contributed by atoms with Gasteiger partial charge in [0.15, 0.2) is 18.1 Å². The molecule has 0 radical (unpaired) electrons. The molecule has 1 aliphatic carbocycles. The fourth-order valence-electron chi connectivity index (χ4n) is 1.86. The summed E-state index contributed by atoms with van der Waals surface area (Å²) in [6.45, 7) is 0.557. The lowest BCUT2D eigenvalue weighted by atomic mass is 10.1. The molecule has 1 aromatic carbocycles. The first-order chi connectivity index (χ1) is 9.63. The molecule has 0 aromatic heterocycles. The van der Waals surface area contributed by atoms with Crippen molar-refractivity contribution in [3.63, 3.8) is 0 Å². The number of ether oxygens (including phenoxy) is 2. The van der Waals surface area contributed by atoms with Crippen LogP contribution in [0.4, 0.5) is 0 Å². The predicted octanol–water partition coefficient (Wildman–Crippen LogP) is 1.62. The molecule has 2 rings (SSSR count). The summed E-state index contributed by atoms with van der Waals surface area (Å²) in [5, 5.41) is 2.88. The van der Waals surface area contributed by atoms with Crippen LogP contribution < -0.4 is 20.5 Å². The molecule has 0 aliphatic heterocycles. The first kappa shape index (κ1) is 15.1. The number of amides is 1. The summed E-state index contributed by atoms with van der Waals surface area (Å²) in [6.07, 6.45) is 2.89. The molecule has 3 N–H and O–H groups in total. The highest BCUT2D eigenvalue weighted by atomic mass is 79.9. The van der Waals surface area contributed by atoms with Gasteiger partial charge in [-0.2, -0.15) is 0 Å². The van der Waals surface area contributed by atoms with E-state index >= 15 is 0 Å². The monoisotopic (exact) mass is 342 g/mol. The van der Waals surface area contributed by atoms with Crippen molar-refractivity contribution in [1.29, 1.82) is 0 Å². The van der Waals surface area contributed by atoms with Crippen molar-refractivity contribution in [1.82, 2.24) is 5.32 Å². The van der Waals surface area contributed by atoms with Crippen LogP contribution in [-0.2, 0) is 11.2 Å². The zero-order valence-corrected chi connectivity index (χ0v) is 13.0.